The summed E-state index contributed by atoms with van der Waals surface area (Å²) in [5.41, 5.74) is 2.89. The summed E-state index contributed by atoms with van der Waals surface area (Å²) in [7, 11) is 0. The zero-order valence-electron chi connectivity index (χ0n) is 17.9. The molecule has 4 rings (SSSR count). The third-order valence-corrected chi connectivity index (χ3v) is 5.61. The maximum Gasteiger partial charge on any atom is 0.256 e. The third kappa shape index (κ3) is 4.50. The number of carbonyl (C=O) groups is 1. The molecule has 0 aliphatic rings. The third-order valence-electron chi connectivity index (χ3n) is 5.61. The molecular formula is C24H27N5O2. The number of nitrogens with zero attached hydrogens (tertiary/aromatic N) is 4. The Hall–Kier alpha value is -3.48. The number of anilines is 1. The van der Waals surface area contributed by atoms with E-state index in [2.05, 4.69) is 40.1 Å². The van der Waals surface area contributed by atoms with E-state index in [1.54, 1.807) is 12.1 Å². The molecular weight excluding hydrogens is 390 g/mol. The Kier molecular flexibility index (Phi) is 6.40. The Balaban J connectivity index is 1.70. The van der Waals surface area contributed by atoms with Gasteiger partial charge in [0.2, 0.25) is 5.82 Å². The molecule has 2 aromatic carbocycles. The van der Waals surface area contributed by atoms with Crippen LogP contribution in [0.3, 0.4) is 0 Å². The van der Waals surface area contributed by atoms with Gasteiger partial charge in [-0.1, -0.05) is 63.4 Å². The average molecular weight is 418 g/mol. The van der Waals surface area contributed by atoms with Crippen LogP contribution >= 0.6 is 0 Å². The molecule has 7 heteroatoms. The molecule has 1 N–H and O–H groups in total. The normalized spacial score (nSPS) is 12.2. The predicted molar refractivity (Wildman–Crippen MR) is 121 cm³/mol. The van der Waals surface area contributed by atoms with E-state index in [1.165, 1.54) is 12.8 Å². The van der Waals surface area contributed by atoms with Crippen molar-refractivity contribution in [3.05, 3.63) is 60.2 Å². The van der Waals surface area contributed by atoms with Crippen molar-refractivity contribution in [2.24, 2.45) is 5.92 Å². The monoisotopic (exact) mass is 417 g/mol. The van der Waals surface area contributed by atoms with E-state index in [0.29, 0.717) is 23.0 Å². The van der Waals surface area contributed by atoms with Gasteiger partial charge in [0.05, 0.1) is 11.0 Å². The van der Waals surface area contributed by atoms with Crippen molar-refractivity contribution < 1.29 is 9.42 Å². The number of amides is 1. The van der Waals surface area contributed by atoms with Crippen molar-refractivity contribution in [2.45, 2.75) is 46.1 Å². The zero-order valence-corrected chi connectivity index (χ0v) is 17.9. The number of carbonyl (C=O) groups excluding carboxylic acids is 1. The minimum Gasteiger partial charge on any atom is -0.322 e. The van der Waals surface area contributed by atoms with Gasteiger partial charge in [0.15, 0.2) is 11.5 Å². The van der Waals surface area contributed by atoms with Crippen molar-refractivity contribution in [1.82, 2.24) is 19.9 Å². The van der Waals surface area contributed by atoms with Crippen LogP contribution in [0.15, 0.2) is 59.2 Å². The molecule has 0 saturated carbocycles. The Morgan fingerprint density at radius 1 is 1.06 bits per heavy atom. The van der Waals surface area contributed by atoms with Gasteiger partial charge in [-0.25, -0.2) is 9.61 Å². The number of unbranched alkanes of at least 4 members (excludes halogenated alkanes) is 1. The van der Waals surface area contributed by atoms with Gasteiger partial charge in [-0.3, -0.25) is 4.79 Å². The van der Waals surface area contributed by atoms with Crippen LogP contribution in [0.1, 0.15) is 49.9 Å². The zero-order chi connectivity index (χ0) is 21.6. The second-order valence-electron chi connectivity index (χ2n) is 7.73. The van der Waals surface area contributed by atoms with E-state index in [0.717, 1.165) is 30.4 Å². The molecule has 2 heterocycles. The summed E-state index contributed by atoms with van der Waals surface area (Å²) in [5.74, 6) is 1.18. The summed E-state index contributed by atoms with van der Waals surface area (Å²) in [6.45, 7) is 5.26. The summed E-state index contributed by atoms with van der Waals surface area (Å²) < 4.78 is 7.19. The molecule has 0 spiro atoms. The van der Waals surface area contributed by atoms with Crippen LogP contribution in [0.2, 0.25) is 0 Å². The SMILES string of the molecule is CCCC[C@@H](CC)Cn1c(-c2nonc2NC(=O)c2ccccc2)nc2ccccc21. The first kappa shape index (κ1) is 20.8. The van der Waals surface area contributed by atoms with Gasteiger partial charge in [-0.15, -0.1) is 0 Å². The fourth-order valence-electron chi connectivity index (χ4n) is 3.80. The van der Waals surface area contributed by atoms with Crippen LogP contribution in [0.4, 0.5) is 5.82 Å². The van der Waals surface area contributed by atoms with E-state index in [-0.39, 0.29) is 11.7 Å². The topological polar surface area (TPSA) is 85.8 Å². The summed E-state index contributed by atoms with van der Waals surface area (Å²) in [5, 5.41) is 10.9. The first-order valence-electron chi connectivity index (χ1n) is 10.9. The van der Waals surface area contributed by atoms with Crippen LogP contribution in [-0.4, -0.2) is 25.8 Å². The number of hydrogen-bond donors (Lipinski definition) is 1. The molecule has 160 valence electrons. The fraction of sp³-hybridized carbons (Fsp3) is 0.333. The highest BCUT2D eigenvalue weighted by atomic mass is 16.6. The summed E-state index contributed by atoms with van der Waals surface area (Å²) in [6.07, 6.45) is 4.62. The van der Waals surface area contributed by atoms with Crippen LogP contribution in [-0.2, 0) is 6.54 Å². The molecule has 0 unspecified atom stereocenters. The molecule has 0 aliphatic carbocycles. The largest absolute Gasteiger partial charge is 0.322 e. The van der Waals surface area contributed by atoms with Gasteiger partial charge < -0.3 is 9.88 Å². The number of aromatic nitrogens is 4. The highest BCUT2D eigenvalue weighted by Crippen LogP contribution is 2.30. The fourth-order valence-corrected chi connectivity index (χ4v) is 3.80. The smallest absolute Gasteiger partial charge is 0.256 e. The lowest BCUT2D eigenvalue weighted by Crippen LogP contribution is -2.14. The molecule has 7 nitrogen and oxygen atoms in total. The van der Waals surface area contributed by atoms with Crippen molar-refractivity contribution in [3.63, 3.8) is 0 Å². The summed E-state index contributed by atoms with van der Waals surface area (Å²) in [6, 6.07) is 17.0. The Morgan fingerprint density at radius 2 is 1.84 bits per heavy atom. The van der Waals surface area contributed by atoms with Gasteiger partial charge in [-0.05, 0) is 46.9 Å². The van der Waals surface area contributed by atoms with Gasteiger partial charge in [0.1, 0.15) is 0 Å². The van der Waals surface area contributed by atoms with Crippen molar-refractivity contribution in [3.8, 4) is 11.5 Å². The molecule has 0 bridgehead atoms. The van der Waals surface area contributed by atoms with E-state index < -0.39 is 0 Å². The Labute approximate surface area is 181 Å². The first-order chi connectivity index (χ1) is 15.2. The number of para-hydroxylation sites is 2. The molecule has 1 atom stereocenters. The van der Waals surface area contributed by atoms with E-state index in [1.807, 2.05) is 36.4 Å². The van der Waals surface area contributed by atoms with Crippen molar-refractivity contribution in [2.75, 3.05) is 5.32 Å². The molecule has 0 radical (unpaired) electrons. The van der Waals surface area contributed by atoms with E-state index >= 15 is 0 Å². The van der Waals surface area contributed by atoms with Crippen LogP contribution in [0.5, 0.6) is 0 Å². The maximum atomic E-state index is 12.6. The maximum absolute atomic E-state index is 12.6. The van der Waals surface area contributed by atoms with Gasteiger partial charge in [0.25, 0.3) is 5.91 Å². The van der Waals surface area contributed by atoms with E-state index in [9.17, 15) is 4.79 Å². The minimum atomic E-state index is -0.269. The number of imidazole rings is 1. The summed E-state index contributed by atoms with van der Waals surface area (Å²) in [4.78, 5) is 17.5. The van der Waals surface area contributed by atoms with Gasteiger partial charge >= 0.3 is 0 Å². The molecule has 4 aromatic rings. The van der Waals surface area contributed by atoms with Gasteiger partial charge in [0, 0.05) is 12.1 Å². The van der Waals surface area contributed by atoms with E-state index in [4.69, 9.17) is 9.61 Å². The number of fused-ring (bicyclic) bond motifs is 1. The quantitative estimate of drug-likeness (QED) is 0.386. The van der Waals surface area contributed by atoms with Crippen molar-refractivity contribution >= 4 is 22.8 Å². The van der Waals surface area contributed by atoms with Gasteiger partial charge in [-0.2, -0.15) is 0 Å². The highest BCUT2D eigenvalue weighted by molar-refractivity contribution is 6.05. The standard InChI is InChI=1S/C24H27N5O2/c1-3-5-11-17(4-2)16-29-20-15-10-9-14-19(20)25-23(29)21-22(28-31-27-21)26-24(30)18-12-7-6-8-13-18/h6-10,12-15,17H,3-5,11,16H2,1-2H3,(H,26,28,30)/t17-/m1/s1. The average Bonchev–Trinajstić information content (AvgIpc) is 3.41. The molecule has 31 heavy (non-hydrogen) atoms. The number of rotatable bonds is 9. The number of benzene rings is 2. The molecule has 0 fully saturated rings. The second kappa shape index (κ2) is 9.55. The van der Waals surface area contributed by atoms with Crippen LogP contribution < -0.4 is 5.32 Å². The molecule has 0 aliphatic heterocycles. The first-order valence-corrected chi connectivity index (χ1v) is 10.9. The lowest BCUT2D eigenvalue weighted by molar-refractivity contribution is 0.102. The lowest BCUT2D eigenvalue weighted by atomic mass is 9.99. The van der Waals surface area contributed by atoms with Crippen LogP contribution in [0.25, 0.3) is 22.6 Å². The van der Waals surface area contributed by atoms with Crippen LogP contribution in [0, 0.1) is 5.92 Å². The lowest BCUT2D eigenvalue weighted by Gasteiger charge is -2.17. The molecule has 1 amide bonds. The summed E-state index contributed by atoms with van der Waals surface area (Å²) >= 11 is 0. The highest BCUT2D eigenvalue weighted by Gasteiger charge is 2.23. The predicted octanol–water partition coefficient (Wildman–Crippen LogP) is 5.56. The minimum absolute atomic E-state index is 0.269. The van der Waals surface area contributed by atoms with Crippen molar-refractivity contribution in [1.29, 1.82) is 0 Å². The molecule has 0 saturated heterocycles. The molecule has 2 aromatic heterocycles. The Bertz CT molecular complexity index is 1150. The number of nitrogens with one attached hydrogen (secondary N) is 1. The second-order valence-corrected chi connectivity index (χ2v) is 7.73. The number of hydrogen-bond acceptors (Lipinski definition) is 5. The Morgan fingerprint density at radius 3 is 2.61 bits per heavy atom.